The van der Waals surface area contributed by atoms with Crippen LogP contribution in [0.4, 0.5) is 0 Å². The molecule has 0 rings (SSSR count). The Kier molecular flexibility index (Phi) is 13.1. The van der Waals surface area contributed by atoms with Gasteiger partial charge < -0.3 is 4.74 Å². The Morgan fingerprint density at radius 3 is 2.04 bits per heavy atom. The van der Waals surface area contributed by atoms with Crippen LogP contribution in [-0.4, -0.2) is 32.0 Å². The van der Waals surface area contributed by atoms with E-state index in [1.165, 1.54) is 0 Å². The number of hydrogen-bond donors (Lipinski definition) is 0. The highest BCUT2D eigenvalue weighted by Gasteiger charge is 2.31. The first-order valence-corrected chi connectivity index (χ1v) is 10.9. The Labute approximate surface area is 154 Å². The first-order valence-electron chi connectivity index (χ1n) is 9.18. The maximum atomic E-state index is 12.2. The van der Waals surface area contributed by atoms with Crippen molar-refractivity contribution in [2.45, 2.75) is 65.0 Å². The minimum atomic E-state index is -3.46. The first kappa shape index (κ1) is 23.6. The summed E-state index contributed by atoms with van der Waals surface area (Å²) in [6, 6.07) is 0. The van der Waals surface area contributed by atoms with Crippen molar-refractivity contribution in [3.05, 3.63) is 36.5 Å². The van der Waals surface area contributed by atoms with Crippen molar-refractivity contribution in [1.29, 1.82) is 0 Å². The Morgan fingerprint density at radius 2 is 1.52 bits per heavy atom. The Bertz CT molecular complexity index is 542. The number of sulfone groups is 1. The maximum absolute atomic E-state index is 12.2. The molecule has 0 saturated heterocycles. The largest absolute Gasteiger partial charge is 0.465 e. The van der Waals surface area contributed by atoms with Crippen LogP contribution in [0.15, 0.2) is 36.5 Å². The van der Waals surface area contributed by atoms with Gasteiger partial charge in [-0.1, -0.05) is 57.2 Å². The number of allylic oxidation sites excluding steroid dienone is 6. The molecule has 0 N–H and O–H groups in total. The van der Waals surface area contributed by atoms with E-state index in [4.69, 9.17) is 4.74 Å². The predicted octanol–water partition coefficient (Wildman–Crippen LogP) is 4.63. The standard InChI is InChI=1S/C20H34O4S/c1-5-19(20(21)24-6-2)25(22,23)17-15-13-11-9-7-8-10-12-14-16-18(3)4/h7-8,11-14,18-19H,5-6,9-10,15-17H2,1-4H3/b8-7-,13-11-,14-12-. The summed E-state index contributed by atoms with van der Waals surface area (Å²) in [4.78, 5) is 11.7. The molecule has 1 unspecified atom stereocenters. The molecule has 0 amide bonds. The zero-order valence-electron chi connectivity index (χ0n) is 16.1. The maximum Gasteiger partial charge on any atom is 0.324 e. The number of carbonyl (C=O) groups is 1. The summed E-state index contributed by atoms with van der Waals surface area (Å²) in [5, 5.41) is -1.04. The number of ether oxygens (including phenoxy) is 1. The van der Waals surface area contributed by atoms with E-state index in [0.29, 0.717) is 12.3 Å². The van der Waals surface area contributed by atoms with Gasteiger partial charge in [0.15, 0.2) is 15.1 Å². The summed E-state index contributed by atoms with van der Waals surface area (Å²) >= 11 is 0. The zero-order chi connectivity index (χ0) is 19.1. The molecule has 0 saturated carbocycles. The molecule has 0 aromatic heterocycles. The Balaban J connectivity index is 4.13. The van der Waals surface area contributed by atoms with Crippen LogP contribution in [0.5, 0.6) is 0 Å². The van der Waals surface area contributed by atoms with Crippen LogP contribution in [0, 0.1) is 5.92 Å². The van der Waals surface area contributed by atoms with Gasteiger partial charge in [-0.05, 0) is 44.9 Å². The third kappa shape index (κ3) is 11.8. The highest BCUT2D eigenvalue weighted by Crippen LogP contribution is 2.11. The van der Waals surface area contributed by atoms with E-state index in [-0.39, 0.29) is 18.8 Å². The predicted molar refractivity (Wildman–Crippen MR) is 105 cm³/mol. The van der Waals surface area contributed by atoms with Gasteiger partial charge in [-0.3, -0.25) is 4.79 Å². The lowest BCUT2D eigenvalue weighted by Gasteiger charge is -2.13. The van der Waals surface area contributed by atoms with Gasteiger partial charge in [-0.15, -0.1) is 0 Å². The van der Waals surface area contributed by atoms with Gasteiger partial charge in [0.1, 0.15) is 0 Å². The minimum absolute atomic E-state index is 0.0253. The van der Waals surface area contributed by atoms with Gasteiger partial charge in [0.05, 0.1) is 12.4 Å². The average molecular weight is 371 g/mol. The molecule has 1 atom stereocenters. The molecule has 0 aliphatic rings. The van der Waals surface area contributed by atoms with Gasteiger partial charge in [0.25, 0.3) is 0 Å². The Hall–Kier alpha value is -1.36. The molecule has 0 aromatic carbocycles. The number of hydrogen-bond acceptors (Lipinski definition) is 4. The first-order chi connectivity index (χ1) is 11.8. The summed E-state index contributed by atoms with van der Waals surface area (Å²) in [6.45, 7) is 7.95. The molecule has 25 heavy (non-hydrogen) atoms. The van der Waals surface area contributed by atoms with E-state index in [1.54, 1.807) is 13.8 Å². The van der Waals surface area contributed by atoms with Crippen LogP contribution in [-0.2, 0) is 19.4 Å². The van der Waals surface area contributed by atoms with Crippen LogP contribution in [0.25, 0.3) is 0 Å². The normalized spacial score (nSPS) is 14.1. The lowest BCUT2D eigenvalue weighted by atomic mass is 10.1. The smallest absolute Gasteiger partial charge is 0.324 e. The van der Waals surface area contributed by atoms with Crippen molar-refractivity contribution in [1.82, 2.24) is 0 Å². The molecular formula is C20H34O4S. The minimum Gasteiger partial charge on any atom is -0.465 e. The molecule has 5 heteroatoms. The summed E-state index contributed by atoms with van der Waals surface area (Å²) in [5.74, 6) is 0.0284. The lowest BCUT2D eigenvalue weighted by molar-refractivity contribution is -0.142. The average Bonchev–Trinajstić information content (AvgIpc) is 2.52. The molecule has 4 nitrogen and oxygen atoms in total. The molecule has 0 fully saturated rings. The van der Waals surface area contributed by atoms with E-state index < -0.39 is 21.1 Å². The zero-order valence-corrected chi connectivity index (χ0v) is 16.9. The van der Waals surface area contributed by atoms with Crippen LogP contribution >= 0.6 is 0 Å². The molecule has 0 spiro atoms. The van der Waals surface area contributed by atoms with Crippen molar-refractivity contribution in [3.63, 3.8) is 0 Å². The third-order valence-corrected chi connectivity index (χ3v) is 5.77. The summed E-state index contributed by atoms with van der Waals surface area (Å²) in [5.41, 5.74) is 0. The van der Waals surface area contributed by atoms with Gasteiger partial charge in [0, 0.05) is 0 Å². The fraction of sp³-hybridized carbons (Fsp3) is 0.650. The van der Waals surface area contributed by atoms with Crippen molar-refractivity contribution in [2.24, 2.45) is 5.92 Å². The summed E-state index contributed by atoms with van der Waals surface area (Å²) < 4.78 is 29.3. The fourth-order valence-corrected chi connectivity index (χ4v) is 3.82. The monoisotopic (exact) mass is 370 g/mol. The number of rotatable bonds is 13. The van der Waals surface area contributed by atoms with Crippen LogP contribution in [0.3, 0.4) is 0 Å². The lowest BCUT2D eigenvalue weighted by Crippen LogP contribution is -2.33. The highest BCUT2D eigenvalue weighted by atomic mass is 32.2. The van der Waals surface area contributed by atoms with Crippen molar-refractivity contribution >= 4 is 15.8 Å². The summed E-state index contributed by atoms with van der Waals surface area (Å²) in [6.07, 6.45) is 15.8. The van der Waals surface area contributed by atoms with Gasteiger partial charge >= 0.3 is 5.97 Å². The van der Waals surface area contributed by atoms with Crippen molar-refractivity contribution < 1.29 is 17.9 Å². The van der Waals surface area contributed by atoms with Gasteiger partial charge in [-0.2, -0.15) is 0 Å². The molecule has 144 valence electrons. The van der Waals surface area contributed by atoms with Crippen LogP contribution in [0.2, 0.25) is 0 Å². The van der Waals surface area contributed by atoms with Crippen molar-refractivity contribution in [3.8, 4) is 0 Å². The fourth-order valence-electron chi connectivity index (χ4n) is 2.21. The van der Waals surface area contributed by atoms with Gasteiger partial charge in [0.2, 0.25) is 0 Å². The third-order valence-electron chi connectivity index (χ3n) is 3.57. The van der Waals surface area contributed by atoms with E-state index in [1.807, 2.05) is 12.2 Å². The second-order valence-electron chi connectivity index (χ2n) is 6.32. The van der Waals surface area contributed by atoms with E-state index >= 15 is 0 Å². The molecule has 0 heterocycles. The molecule has 0 aromatic rings. The van der Waals surface area contributed by atoms with Crippen molar-refractivity contribution in [2.75, 3.05) is 12.4 Å². The SMILES string of the molecule is CCOC(=O)C(CC)S(=O)(=O)CC/C=C\C/C=C\C/C=C\CC(C)C. The van der Waals surface area contributed by atoms with Crippen LogP contribution in [0.1, 0.15) is 59.8 Å². The van der Waals surface area contributed by atoms with E-state index in [9.17, 15) is 13.2 Å². The van der Waals surface area contributed by atoms with E-state index in [2.05, 4.69) is 38.2 Å². The second kappa shape index (κ2) is 13.9. The molecule has 0 aliphatic carbocycles. The van der Waals surface area contributed by atoms with Gasteiger partial charge in [-0.25, -0.2) is 8.42 Å². The molecule has 0 aliphatic heterocycles. The van der Waals surface area contributed by atoms with E-state index in [0.717, 1.165) is 19.3 Å². The molecule has 0 bridgehead atoms. The summed E-state index contributed by atoms with van der Waals surface area (Å²) in [7, 11) is -3.46. The molecule has 0 radical (unpaired) electrons. The molecular weight excluding hydrogens is 336 g/mol. The number of esters is 1. The quantitative estimate of drug-likeness (QED) is 0.350. The highest BCUT2D eigenvalue weighted by molar-refractivity contribution is 7.92. The Morgan fingerprint density at radius 1 is 0.960 bits per heavy atom. The van der Waals surface area contributed by atoms with Crippen LogP contribution < -0.4 is 0 Å². The second-order valence-corrected chi connectivity index (χ2v) is 8.62. The number of carbonyl (C=O) groups excluding carboxylic acids is 1. The topological polar surface area (TPSA) is 60.4 Å².